The van der Waals surface area contributed by atoms with Crippen LogP contribution >= 0.6 is 0 Å². The summed E-state index contributed by atoms with van der Waals surface area (Å²) >= 11 is 0. The number of anilines is 2. The molecule has 0 aliphatic carbocycles. The fraction of sp³-hybridized carbons (Fsp3) is 0.267. The first kappa shape index (κ1) is 13.2. The van der Waals surface area contributed by atoms with Gasteiger partial charge in [0.25, 0.3) is 0 Å². The lowest BCUT2D eigenvalue weighted by molar-refractivity contribution is 0.317. The standard InChI is InChI=1S/C15H18N2O2/c1-3-10-19-13-8-4-7-12(18)14(13)17-15-11(2)6-5-9-16-15/h4-9,18H,3,10H2,1-2H3,(H,16,17). The van der Waals surface area contributed by atoms with Crippen molar-refractivity contribution in [2.24, 2.45) is 0 Å². The number of aryl methyl sites for hydroxylation is 1. The number of phenols is 1. The maximum Gasteiger partial charge on any atom is 0.146 e. The number of para-hydroxylation sites is 1. The molecule has 4 nitrogen and oxygen atoms in total. The average Bonchev–Trinajstić information content (AvgIpc) is 2.41. The number of phenolic OH excluding ortho intramolecular Hbond substituents is 1. The summed E-state index contributed by atoms with van der Waals surface area (Å²) in [7, 11) is 0. The summed E-state index contributed by atoms with van der Waals surface area (Å²) in [5, 5.41) is 13.1. The summed E-state index contributed by atoms with van der Waals surface area (Å²) in [6.07, 6.45) is 2.62. The first-order valence-corrected chi connectivity index (χ1v) is 6.35. The van der Waals surface area contributed by atoms with Crippen molar-refractivity contribution in [2.45, 2.75) is 20.3 Å². The number of hydrogen-bond donors (Lipinski definition) is 2. The Hall–Kier alpha value is -2.23. The van der Waals surface area contributed by atoms with Gasteiger partial charge in [-0.15, -0.1) is 0 Å². The SMILES string of the molecule is CCCOc1cccc(O)c1Nc1ncccc1C. The van der Waals surface area contributed by atoms with Crippen molar-refractivity contribution in [1.29, 1.82) is 0 Å². The molecule has 0 amide bonds. The van der Waals surface area contributed by atoms with Crippen molar-refractivity contribution in [3.63, 3.8) is 0 Å². The molecule has 0 spiro atoms. The molecule has 0 aliphatic heterocycles. The number of aromatic nitrogens is 1. The Balaban J connectivity index is 2.31. The molecule has 2 rings (SSSR count). The average molecular weight is 258 g/mol. The van der Waals surface area contributed by atoms with E-state index >= 15 is 0 Å². The van der Waals surface area contributed by atoms with Gasteiger partial charge in [-0.1, -0.05) is 19.1 Å². The number of ether oxygens (including phenoxy) is 1. The lowest BCUT2D eigenvalue weighted by Crippen LogP contribution is -2.01. The van der Waals surface area contributed by atoms with E-state index in [9.17, 15) is 5.11 Å². The highest BCUT2D eigenvalue weighted by Crippen LogP contribution is 2.36. The molecule has 0 saturated heterocycles. The van der Waals surface area contributed by atoms with E-state index in [-0.39, 0.29) is 5.75 Å². The van der Waals surface area contributed by atoms with Gasteiger partial charge in [0, 0.05) is 6.20 Å². The van der Waals surface area contributed by atoms with Crippen molar-refractivity contribution >= 4 is 11.5 Å². The van der Waals surface area contributed by atoms with Gasteiger partial charge in [0.2, 0.25) is 0 Å². The quantitative estimate of drug-likeness (QED) is 0.804. The van der Waals surface area contributed by atoms with Crippen LogP contribution < -0.4 is 10.1 Å². The molecule has 4 heteroatoms. The summed E-state index contributed by atoms with van der Waals surface area (Å²) in [6, 6.07) is 9.05. The number of rotatable bonds is 5. The summed E-state index contributed by atoms with van der Waals surface area (Å²) in [5.41, 5.74) is 1.56. The van der Waals surface area contributed by atoms with Gasteiger partial charge in [-0.2, -0.15) is 0 Å². The fourth-order valence-corrected chi connectivity index (χ4v) is 1.71. The molecule has 0 saturated carbocycles. The van der Waals surface area contributed by atoms with Crippen molar-refractivity contribution in [3.8, 4) is 11.5 Å². The van der Waals surface area contributed by atoms with Crippen LogP contribution in [-0.2, 0) is 0 Å². The van der Waals surface area contributed by atoms with Crippen LogP contribution in [-0.4, -0.2) is 16.7 Å². The first-order valence-electron chi connectivity index (χ1n) is 6.35. The number of aromatic hydroxyl groups is 1. The van der Waals surface area contributed by atoms with Crippen LogP contribution in [0.4, 0.5) is 11.5 Å². The molecule has 0 radical (unpaired) electrons. The Morgan fingerprint density at radius 1 is 1.26 bits per heavy atom. The summed E-state index contributed by atoms with van der Waals surface area (Å²) in [5.74, 6) is 1.50. The monoisotopic (exact) mass is 258 g/mol. The molecule has 1 heterocycles. The van der Waals surface area contributed by atoms with Gasteiger partial charge < -0.3 is 15.2 Å². The van der Waals surface area contributed by atoms with Crippen molar-refractivity contribution in [3.05, 3.63) is 42.1 Å². The van der Waals surface area contributed by atoms with E-state index in [2.05, 4.69) is 10.3 Å². The third-order valence-corrected chi connectivity index (χ3v) is 2.72. The fourth-order valence-electron chi connectivity index (χ4n) is 1.71. The number of nitrogens with one attached hydrogen (secondary N) is 1. The predicted molar refractivity (Wildman–Crippen MR) is 76.1 cm³/mol. The highest BCUT2D eigenvalue weighted by atomic mass is 16.5. The molecule has 2 aromatic rings. The topological polar surface area (TPSA) is 54.4 Å². The maximum absolute atomic E-state index is 9.97. The molecule has 1 aromatic carbocycles. The van der Waals surface area contributed by atoms with Gasteiger partial charge in [-0.25, -0.2) is 4.98 Å². The molecular formula is C15H18N2O2. The van der Waals surface area contributed by atoms with Gasteiger partial charge in [0.15, 0.2) is 0 Å². The molecule has 0 atom stereocenters. The molecule has 0 bridgehead atoms. The van der Waals surface area contributed by atoms with Crippen LogP contribution in [0.15, 0.2) is 36.5 Å². The summed E-state index contributed by atoms with van der Waals surface area (Å²) < 4.78 is 5.63. The second-order valence-electron chi connectivity index (χ2n) is 4.29. The van der Waals surface area contributed by atoms with Gasteiger partial charge in [0.05, 0.1) is 6.61 Å². The Bertz CT molecular complexity index is 556. The highest BCUT2D eigenvalue weighted by molar-refractivity contribution is 5.72. The largest absolute Gasteiger partial charge is 0.506 e. The minimum Gasteiger partial charge on any atom is -0.506 e. The zero-order valence-corrected chi connectivity index (χ0v) is 11.2. The van der Waals surface area contributed by atoms with E-state index in [1.165, 1.54) is 0 Å². The number of benzene rings is 1. The van der Waals surface area contributed by atoms with Gasteiger partial charge >= 0.3 is 0 Å². The molecule has 0 aliphatic rings. The number of hydrogen-bond acceptors (Lipinski definition) is 4. The van der Waals surface area contributed by atoms with E-state index in [1.807, 2.05) is 32.0 Å². The van der Waals surface area contributed by atoms with E-state index in [0.29, 0.717) is 23.9 Å². The van der Waals surface area contributed by atoms with E-state index in [4.69, 9.17) is 4.74 Å². The molecule has 19 heavy (non-hydrogen) atoms. The highest BCUT2D eigenvalue weighted by Gasteiger charge is 2.10. The number of nitrogens with zero attached hydrogens (tertiary/aromatic N) is 1. The van der Waals surface area contributed by atoms with Crippen LogP contribution in [0.25, 0.3) is 0 Å². The normalized spacial score (nSPS) is 10.2. The van der Waals surface area contributed by atoms with Crippen molar-refractivity contribution in [2.75, 3.05) is 11.9 Å². The third kappa shape index (κ3) is 3.16. The molecular weight excluding hydrogens is 240 g/mol. The Morgan fingerprint density at radius 2 is 2.11 bits per heavy atom. The lowest BCUT2D eigenvalue weighted by Gasteiger charge is -2.14. The lowest BCUT2D eigenvalue weighted by atomic mass is 10.2. The zero-order chi connectivity index (χ0) is 13.7. The minimum absolute atomic E-state index is 0.152. The van der Waals surface area contributed by atoms with Crippen LogP contribution in [0.3, 0.4) is 0 Å². The Morgan fingerprint density at radius 3 is 2.84 bits per heavy atom. The summed E-state index contributed by atoms with van der Waals surface area (Å²) in [6.45, 7) is 4.61. The molecule has 100 valence electrons. The zero-order valence-electron chi connectivity index (χ0n) is 11.2. The smallest absolute Gasteiger partial charge is 0.146 e. The van der Waals surface area contributed by atoms with Crippen LogP contribution in [0.5, 0.6) is 11.5 Å². The van der Waals surface area contributed by atoms with Gasteiger partial charge in [-0.05, 0) is 37.1 Å². The van der Waals surface area contributed by atoms with Crippen molar-refractivity contribution in [1.82, 2.24) is 4.98 Å². The first-order chi connectivity index (χ1) is 9.22. The van der Waals surface area contributed by atoms with Gasteiger partial charge in [-0.3, -0.25) is 0 Å². The Kier molecular flexibility index (Phi) is 4.23. The predicted octanol–water partition coefficient (Wildman–Crippen LogP) is 3.63. The van der Waals surface area contributed by atoms with Crippen molar-refractivity contribution < 1.29 is 9.84 Å². The minimum atomic E-state index is 0.152. The van der Waals surface area contributed by atoms with Crippen LogP contribution in [0.2, 0.25) is 0 Å². The second-order valence-corrected chi connectivity index (χ2v) is 4.29. The van der Waals surface area contributed by atoms with E-state index in [0.717, 1.165) is 12.0 Å². The second kappa shape index (κ2) is 6.09. The molecule has 1 aromatic heterocycles. The third-order valence-electron chi connectivity index (χ3n) is 2.72. The van der Waals surface area contributed by atoms with E-state index in [1.54, 1.807) is 18.3 Å². The summed E-state index contributed by atoms with van der Waals surface area (Å²) in [4.78, 5) is 4.26. The van der Waals surface area contributed by atoms with Crippen LogP contribution in [0.1, 0.15) is 18.9 Å². The number of pyridine rings is 1. The van der Waals surface area contributed by atoms with E-state index < -0.39 is 0 Å². The maximum atomic E-state index is 9.97. The molecule has 0 unspecified atom stereocenters. The molecule has 2 N–H and O–H groups in total. The van der Waals surface area contributed by atoms with Crippen LogP contribution in [0, 0.1) is 6.92 Å². The Labute approximate surface area is 113 Å². The molecule has 0 fully saturated rings. The van der Waals surface area contributed by atoms with Gasteiger partial charge in [0.1, 0.15) is 23.0 Å².